The summed E-state index contributed by atoms with van der Waals surface area (Å²) in [6.45, 7) is 11.6. The van der Waals surface area contributed by atoms with Crippen LogP contribution in [0.2, 0.25) is 0 Å². The van der Waals surface area contributed by atoms with Gasteiger partial charge in [-0.15, -0.1) is 0 Å². The third-order valence-corrected chi connectivity index (χ3v) is 9.82. The Balaban J connectivity index is 1.86. The SMILES string of the molecule is CCOP(=O)(C[C@H](O)[C@H]1[C@H]2CC[C@@H]3[C@H]2C(C)(C)CCC[C@]13C)OCC. The third kappa shape index (κ3) is 3.26. The lowest BCUT2D eigenvalue weighted by Gasteiger charge is -2.44. The largest absolute Gasteiger partial charge is 0.392 e. The van der Waals surface area contributed by atoms with Gasteiger partial charge in [0.2, 0.25) is 0 Å². The van der Waals surface area contributed by atoms with Crippen molar-refractivity contribution in [1.29, 1.82) is 0 Å². The van der Waals surface area contributed by atoms with Crippen LogP contribution in [0.1, 0.15) is 66.7 Å². The second-order valence-electron chi connectivity index (χ2n) is 9.44. The van der Waals surface area contributed by atoms with E-state index in [4.69, 9.17) is 9.05 Å². The molecule has 3 saturated carbocycles. The normalized spacial score (nSPS) is 40.9. The Bertz CT molecular complexity index is 524. The van der Waals surface area contributed by atoms with E-state index in [9.17, 15) is 9.67 Å². The van der Waals surface area contributed by atoms with Gasteiger partial charge in [-0.2, -0.15) is 0 Å². The lowest BCUT2D eigenvalue weighted by Crippen LogP contribution is -2.42. The van der Waals surface area contributed by atoms with Gasteiger partial charge < -0.3 is 14.2 Å². The molecule has 0 heterocycles. The first-order valence-corrected chi connectivity index (χ1v) is 12.0. The predicted molar refractivity (Wildman–Crippen MR) is 101 cm³/mol. The molecule has 4 nitrogen and oxygen atoms in total. The molecule has 3 fully saturated rings. The molecule has 0 aromatic carbocycles. The molecule has 0 aliphatic heterocycles. The standard InChI is InChI=1S/C20H37O4P/c1-6-23-25(22,24-7-2)13-16(21)18-14-9-10-15-17(14)19(3,4)11-8-12-20(15,18)5/h14-18,21H,6-13H2,1-5H3/t14-,15+,16-,17-,18+,20-/m0/s1. The van der Waals surface area contributed by atoms with Gasteiger partial charge in [0.15, 0.2) is 0 Å². The Labute approximate surface area is 153 Å². The average molecular weight is 372 g/mol. The minimum atomic E-state index is -3.21. The number of rotatable bonds is 7. The van der Waals surface area contributed by atoms with Crippen molar-refractivity contribution in [2.45, 2.75) is 72.8 Å². The van der Waals surface area contributed by atoms with Crippen LogP contribution in [0.25, 0.3) is 0 Å². The maximum Gasteiger partial charge on any atom is 0.333 e. The Kier molecular flexibility index (Phi) is 5.50. The first kappa shape index (κ1) is 19.9. The van der Waals surface area contributed by atoms with E-state index in [0.717, 1.165) is 0 Å². The van der Waals surface area contributed by atoms with Crippen LogP contribution in [0, 0.1) is 34.5 Å². The molecule has 146 valence electrons. The molecular formula is C20H37O4P. The van der Waals surface area contributed by atoms with Gasteiger partial charge in [-0.3, -0.25) is 4.57 Å². The molecule has 0 spiro atoms. The van der Waals surface area contributed by atoms with E-state index in [2.05, 4.69) is 20.8 Å². The molecule has 0 radical (unpaired) electrons. The Morgan fingerprint density at radius 1 is 1.12 bits per heavy atom. The van der Waals surface area contributed by atoms with Gasteiger partial charge >= 0.3 is 7.60 Å². The number of aliphatic hydroxyl groups is 1. The topological polar surface area (TPSA) is 55.8 Å². The highest BCUT2D eigenvalue weighted by atomic mass is 31.2. The fourth-order valence-corrected chi connectivity index (χ4v) is 8.84. The van der Waals surface area contributed by atoms with Crippen molar-refractivity contribution in [3.8, 4) is 0 Å². The van der Waals surface area contributed by atoms with Crippen LogP contribution in [-0.2, 0) is 13.6 Å². The second-order valence-corrected chi connectivity index (χ2v) is 11.5. The summed E-state index contributed by atoms with van der Waals surface area (Å²) < 4.78 is 23.9. The van der Waals surface area contributed by atoms with E-state index < -0.39 is 13.7 Å². The van der Waals surface area contributed by atoms with E-state index in [-0.39, 0.29) is 17.5 Å². The highest BCUT2D eigenvalue weighted by Gasteiger charge is 2.66. The minimum Gasteiger partial charge on any atom is -0.392 e. The fraction of sp³-hybridized carbons (Fsp3) is 1.00. The summed E-state index contributed by atoms with van der Waals surface area (Å²) in [4.78, 5) is 0. The van der Waals surface area contributed by atoms with Gasteiger partial charge in [0.1, 0.15) is 0 Å². The fourth-order valence-electron chi connectivity index (χ4n) is 7.08. The molecule has 0 amide bonds. The van der Waals surface area contributed by atoms with Crippen LogP contribution < -0.4 is 0 Å². The molecule has 3 aliphatic rings. The monoisotopic (exact) mass is 372 g/mol. The number of hydrogen-bond donors (Lipinski definition) is 1. The highest BCUT2D eigenvalue weighted by Crippen LogP contribution is 2.71. The Morgan fingerprint density at radius 2 is 1.76 bits per heavy atom. The summed E-state index contributed by atoms with van der Waals surface area (Å²) in [7, 11) is -3.21. The lowest BCUT2D eigenvalue weighted by atomic mass is 9.63. The molecule has 0 aromatic rings. The van der Waals surface area contributed by atoms with Crippen LogP contribution in [0.3, 0.4) is 0 Å². The van der Waals surface area contributed by atoms with Crippen molar-refractivity contribution in [3.63, 3.8) is 0 Å². The van der Waals surface area contributed by atoms with Gasteiger partial charge in [-0.05, 0) is 74.0 Å². The smallest absolute Gasteiger partial charge is 0.333 e. The maximum atomic E-state index is 13.0. The van der Waals surface area contributed by atoms with Crippen LogP contribution >= 0.6 is 7.60 Å². The molecule has 5 heteroatoms. The zero-order chi connectivity index (χ0) is 18.5. The van der Waals surface area contributed by atoms with Gasteiger partial charge in [0.25, 0.3) is 0 Å². The highest BCUT2D eigenvalue weighted by molar-refractivity contribution is 7.53. The summed E-state index contributed by atoms with van der Waals surface area (Å²) in [6.07, 6.45) is 5.77. The lowest BCUT2D eigenvalue weighted by molar-refractivity contribution is -0.0129. The van der Waals surface area contributed by atoms with E-state index in [1.807, 2.05) is 13.8 Å². The summed E-state index contributed by atoms with van der Waals surface area (Å²) >= 11 is 0. The van der Waals surface area contributed by atoms with E-state index >= 15 is 0 Å². The average Bonchev–Trinajstić information content (AvgIpc) is 2.98. The van der Waals surface area contributed by atoms with Crippen LogP contribution in [0.5, 0.6) is 0 Å². The summed E-state index contributed by atoms with van der Waals surface area (Å²) in [5.41, 5.74) is 0.519. The molecule has 3 rings (SSSR count). The van der Waals surface area contributed by atoms with Crippen molar-refractivity contribution >= 4 is 7.60 Å². The molecule has 3 aliphatic carbocycles. The first-order valence-electron chi connectivity index (χ1n) is 10.2. The van der Waals surface area contributed by atoms with Crippen molar-refractivity contribution in [1.82, 2.24) is 0 Å². The molecule has 0 saturated heterocycles. The Hall–Kier alpha value is 0.110. The minimum absolute atomic E-state index is 0.144. The van der Waals surface area contributed by atoms with Crippen molar-refractivity contribution in [2.24, 2.45) is 34.5 Å². The Morgan fingerprint density at radius 3 is 2.36 bits per heavy atom. The molecule has 25 heavy (non-hydrogen) atoms. The molecule has 6 atom stereocenters. The van der Waals surface area contributed by atoms with Gasteiger partial charge in [0, 0.05) is 0 Å². The van der Waals surface area contributed by atoms with E-state index in [1.165, 1.54) is 32.1 Å². The zero-order valence-electron chi connectivity index (χ0n) is 16.7. The summed E-state index contributed by atoms with van der Waals surface area (Å²) in [6, 6.07) is 0. The molecule has 0 aromatic heterocycles. The number of hydrogen-bond acceptors (Lipinski definition) is 4. The van der Waals surface area contributed by atoms with Crippen molar-refractivity contribution in [2.75, 3.05) is 19.4 Å². The van der Waals surface area contributed by atoms with Crippen molar-refractivity contribution in [3.05, 3.63) is 0 Å². The molecule has 0 unspecified atom stereocenters. The van der Waals surface area contributed by atoms with Crippen LogP contribution in [-0.4, -0.2) is 30.6 Å². The summed E-state index contributed by atoms with van der Waals surface area (Å²) in [5.74, 6) is 2.17. The van der Waals surface area contributed by atoms with Gasteiger partial charge in [-0.25, -0.2) is 0 Å². The van der Waals surface area contributed by atoms with E-state index in [1.54, 1.807) is 0 Å². The van der Waals surface area contributed by atoms with E-state index in [0.29, 0.717) is 36.4 Å². The first-order chi connectivity index (χ1) is 11.7. The van der Waals surface area contributed by atoms with Gasteiger partial charge in [-0.1, -0.05) is 27.2 Å². The second kappa shape index (κ2) is 6.93. The third-order valence-electron chi connectivity index (χ3n) is 7.69. The quantitative estimate of drug-likeness (QED) is 0.632. The molecular weight excluding hydrogens is 335 g/mol. The zero-order valence-corrected chi connectivity index (χ0v) is 17.6. The predicted octanol–water partition coefficient (Wildman–Crippen LogP) is 5.10. The number of aliphatic hydroxyl groups excluding tert-OH is 1. The van der Waals surface area contributed by atoms with Crippen LogP contribution in [0.15, 0.2) is 0 Å². The van der Waals surface area contributed by atoms with Crippen LogP contribution in [0.4, 0.5) is 0 Å². The molecule has 1 N–H and O–H groups in total. The maximum absolute atomic E-state index is 13.0. The van der Waals surface area contributed by atoms with Crippen molar-refractivity contribution < 1.29 is 18.7 Å². The summed E-state index contributed by atoms with van der Waals surface area (Å²) in [5, 5.41) is 11.2. The van der Waals surface area contributed by atoms with Gasteiger partial charge in [0.05, 0.1) is 25.5 Å². The molecule has 4 bridgehead atoms.